The van der Waals surface area contributed by atoms with Crippen LogP contribution in [0.4, 0.5) is 19.4 Å². The number of carboxylic acids is 1. The van der Waals surface area contributed by atoms with Crippen LogP contribution in [0.15, 0.2) is 61.1 Å². The highest BCUT2D eigenvalue weighted by Gasteiger charge is 2.38. The van der Waals surface area contributed by atoms with E-state index >= 15 is 0 Å². The van der Waals surface area contributed by atoms with Crippen LogP contribution in [0.5, 0.6) is 11.5 Å². The van der Waals surface area contributed by atoms with Gasteiger partial charge in [0.1, 0.15) is 26.8 Å². The fourth-order valence-electron chi connectivity index (χ4n) is 6.55. The molecule has 6 heterocycles. The van der Waals surface area contributed by atoms with Crippen LogP contribution in [0.3, 0.4) is 0 Å². The molecule has 0 spiro atoms. The number of alkyl halides is 2. The number of piperidine rings is 3. The van der Waals surface area contributed by atoms with Gasteiger partial charge in [0.2, 0.25) is 12.4 Å². The molecule has 4 aromatic rings. The lowest BCUT2D eigenvalue weighted by Crippen LogP contribution is -2.53. The second-order valence-electron chi connectivity index (χ2n) is 12.0. The first kappa shape index (κ1) is 35.6. The number of carboxylic acid groups (broad SMARTS) is 1. The number of thiophene rings is 1. The van der Waals surface area contributed by atoms with Gasteiger partial charge in [0.15, 0.2) is 11.5 Å². The average molecular weight is 751 g/mol. The summed E-state index contributed by atoms with van der Waals surface area (Å²) in [4.78, 5) is 35.1. The summed E-state index contributed by atoms with van der Waals surface area (Å²) in [6, 6.07) is 11.1. The van der Waals surface area contributed by atoms with Crippen molar-refractivity contribution in [2.45, 2.75) is 44.4 Å². The Morgan fingerprint density at radius 2 is 1.86 bits per heavy atom. The van der Waals surface area contributed by atoms with E-state index in [1.54, 1.807) is 30.5 Å². The Kier molecular flexibility index (Phi) is 10.9. The zero-order valence-corrected chi connectivity index (χ0v) is 29.0. The molecule has 11 nitrogen and oxygen atoms in total. The standard InChI is InChI=1S/C34H32Cl2F2N4O7S/c1-47-28-12-20(5-6-27(28)48-33(37)38)22(14-24-25(35)16-41(46)17-26(24)36)23-13-21(50-31(23)32(43)44)15-42(30-4-2-3-9-39-30)34(45)49-29-18-40-10-7-19(29)8-11-40/h2-6,9,12-13,16-17,19,22,29,33H,7-8,10-11,14-15,18H2,1H3,(H-,43,44,46)/p+1/t22-,29-/m0/s1. The second-order valence-corrected chi connectivity index (χ2v) is 13.9. The fourth-order valence-corrected chi connectivity index (χ4v) is 8.20. The monoisotopic (exact) mass is 749 g/mol. The number of hydrogen-bond acceptors (Lipinski definition) is 9. The summed E-state index contributed by atoms with van der Waals surface area (Å²) in [6.45, 7) is -0.530. The van der Waals surface area contributed by atoms with E-state index in [4.69, 9.17) is 32.7 Å². The Hall–Kier alpha value is -4.24. The maximum Gasteiger partial charge on any atom is 0.416 e. The molecule has 2 atom stereocenters. The molecule has 16 heteroatoms. The summed E-state index contributed by atoms with van der Waals surface area (Å²) >= 11 is 14.0. The van der Waals surface area contributed by atoms with E-state index in [0.717, 1.165) is 37.3 Å². The van der Waals surface area contributed by atoms with Crippen molar-refractivity contribution in [3.05, 3.63) is 97.5 Å². The Morgan fingerprint density at radius 3 is 2.46 bits per heavy atom. The number of carbonyl (C=O) groups excluding carboxylic acids is 1. The number of aromatic nitrogens is 2. The van der Waals surface area contributed by atoms with Crippen LogP contribution >= 0.6 is 34.5 Å². The number of rotatable bonds is 12. The predicted molar refractivity (Wildman–Crippen MR) is 180 cm³/mol. The molecule has 7 rings (SSSR count). The topological polar surface area (TPSA) is 126 Å². The van der Waals surface area contributed by atoms with Crippen molar-refractivity contribution in [3.63, 3.8) is 0 Å². The van der Waals surface area contributed by atoms with Gasteiger partial charge in [-0.05, 0) is 79.7 Å². The Balaban J connectivity index is 1.40. The van der Waals surface area contributed by atoms with E-state index in [2.05, 4.69) is 14.6 Å². The van der Waals surface area contributed by atoms with E-state index in [-0.39, 0.29) is 51.4 Å². The minimum absolute atomic E-state index is 0.00426. The molecule has 264 valence electrons. The molecule has 3 aliphatic heterocycles. The molecule has 0 aliphatic carbocycles. The van der Waals surface area contributed by atoms with Crippen molar-refractivity contribution in [1.82, 2.24) is 9.88 Å². The molecule has 50 heavy (non-hydrogen) atoms. The van der Waals surface area contributed by atoms with Gasteiger partial charge < -0.3 is 19.3 Å². The number of aromatic carboxylic acids is 1. The first-order valence-electron chi connectivity index (χ1n) is 15.7. The van der Waals surface area contributed by atoms with Gasteiger partial charge in [-0.2, -0.15) is 8.78 Å². The zero-order chi connectivity index (χ0) is 35.5. The third kappa shape index (κ3) is 7.88. The molecular weight excluding hydrogens is 717 g/mol. The van der Waals surface area contributed by atoms with Gasteiger partial charge in [-0.15, -0.1) is 11.3 Å². The summed E-state index contributed by atoms with van der Waals surface area (Å²) in [5, 5.41) is 20.6. The number of hydrogen-bond donors (Lipinski definition) is 2. The molecule has 1 aromatic carbocycles. The van der Waals surface area contributed by atoms with Crippen molar-refractivity contribution < 1.29 is 47.6 Å². The lowest BCUT2D eigenvalue weighted by molar-refractivity contribution is -0.904. The number of nitrogens with zero attached hydrogens (tertiary/aromatic N) is 4. The summed E-state index contributed by atoms with van der Waals surface area (Å²) < 4.78 is 43.0. The van der Waals surface area contributed by atoms with Gasteiger partial charge in [0.25, 0.3) is 0 Å². The number of halogens is 4. The van der Waals surface area contributed by atoms with E-state index in [9.17, 15) is 28.7 Å². The lowest BCUT2D eigenvalue weighted by atomic mass is 9.85. The number of amides is 1. The van der Waals surface area contributed by atoms with Crippen LogP contribution in [-0.4, -0.2) is 71.7 Å². The lowest BCUT2D eigenvalue weighted by Gasteiger charge is -2.44. The maximum absolute atomic E-state index is 13.8. The number of benzene rings is 1. The summed E-state index contributed by atoms with van der Waals surface area (Å²) in [5.74, 6) is -1.60. The summed E-state index contributed by atoms with van der Waals surface area (Å²) in [7, 11) is 1.30. The zero-order valence-electron chi connectivity index (χ0n) is 26.7. The van der Waals surface area contributed by atoms with E-state index in [1.807, 2.05) is 0 Å². The number of carbonyl (C=O) groups is 2. The molecule has 0 unspecified atom stereocenters. The third-order valence-corrected chi connectivity index (χ3v) is 10.7. The number of fused-ring (bicyclic) bond motifs is 3. The number of methoxy groups -OCH3 is 1. The number of pyridine rings is 2. The molecule has 2 bridgehead atoms. The minimum atomic E-state index is -3.10. The number of ether oxygens (including phenoxy) is 3. The van der Waals surface area contributed by atoms with Crippen LogP contribution < -0.4 is 19.1 Å². The van der Waals surface area contributed by atoms with Gasteiger partial charge in [-0.1, -0.05) is 35.3 Å². The Morgan fingerprint density at radius 1 is 1.12 bits per heavy atom. The van der Waals surface area contributed by atoms with Crippen molar-refractivity contribution in [3.8, 4) is 11.5 Å². The van der Waals surface area contributed by atoms with E-state index in [0.29, 0.717) is 38.7 Å². The van der Waals surface area contributed by atoms with Crippen molar-refractivity contribution >= 4 is 52.4 Å². The first-order valence-corrected chi connectivity index (χ1v) is 17.3. The molecule has 0 radical (unpaired) electrons. The van der Waals surface area contributed by atoms with Crippen LogP contribution in [0.2, 0.25) is 10.0 Å². The molecular formula is C34H33Cl2F2N4O7S+. The highest BCUT2D eigenvalue weighted by molar-refractivity contribution is 7.14. The van der Waals surface area contributed by atoms with Gasteiger partial charge in [0.05, 0.1) is 13.7 Å². The molecule has 2 N–H and O–H groups in total. The van der Waals surface area contributed by atoms with Crippen molar-refractivity contribution in [2.24, 2.45) is 5.92 Å². The molecule has 3 aliphatic rings. The summed E-state index contributed by atoms with van der Waals surface area (Å²) in [6.07, 6.45) is 5.12. The van der Waals surface area contributed by atoms with Gasteiger partial charge in [0, 0.05) is 33.8 Å². The predicted octanol–water partition coefficient (Wildman–Crippen LogP) is 6.89. The highest BCUT2D eigenvalue weighted by Crippen LogP contribution is 2.42. The molecule has 1 amide bonds. The van der Waals surface area contributed by atoms with Crippen LogP contribution in [-0.2, 0) is 17.7 Å². The quantitative estimate of drug-likeness (QED) is 0.118. The molecule has 3 fully saturated rings. The van der Waals surface area contributed by atoms with Crippen molar-refractivity contribution in [2.75, 3.05) is 31.6 Å². The highest BCUT2D eigenvalue weighted by atomic mass is 35.5. The van der Waals surface area contributed by atoms with Crippen molar-refractivity contribution in [1.29, 1.82) is 0 Å². The smallest absolute Gasteiger partial charge is 0.416 e. The minimum Gasteiger partial charge on any atom is -0.493 e. The molecule has 0 saturated carbocycles. The van der Waals surface area contributed by atoms with Crippen LogP contribution in [0.25, 0.3) is 0 Å². The molecule has 3 saturated heterocycles. The summed E-state index contributed by atoms with van der Waals surface area (Å²) in [5.41, 5.74) is 1.23. The van der Waals surface area contributed by atoms with E-state index < -0.39 is 24.6 Å². The van der Waals surface area contributed by atoms with E-state index in [1.165, 1.54) is 42.6 Å². The van der Waals surface area contributed by atoms with Gasteiger partial charge in [-0.3, -0.25) is 15.0 Å². The third-order valence-electron chi connectivity index (χ3n) is 8.97. The SMILES string of the molecule is COc1cc([C@H](Cc2c(Cl)c[n+](O)cc2Cl)c2cc(CN(C(=O)O[C@H]3CN4CCC3CC4)c3ccccn3)sc2C(=O)O)ccc1OC(F)F. The number of anilines is 1. The average Bonchev–Trinajstić information content (AvgIpc) is 3.52. The van der Waals surface area contributed by atoms with Crippen LogP contribution in [0, 0.1) is 5.92 Å². The maximum atomic E-state index is 13.8. The van der Waals surface area contributed by atoms with Gasteiger partial charge in [-0.25, -0.2) is 14.6 Å². The van der Waals surface area contributed by atoms with Crippen LogP contribution in [0.1, 0.15) is 50.0 Å². The largest absolute Gasteiger partial charge is 0.493 e. The Bertz CT molecular complexity index is 1840. The second kappa shape index (κ2) is 15.3. The first-order chi connectivity index (χ1) is 24.0. The fraction of sp³-hybridized carbons (Fsp3) is 0.353. The molecule has 3 aromatic heterocycles. The normalized spacial score (nSPS) is 18.9. The Labute approximate surface area is 300 Å². The van der Waals surface area contributed by atoms with Gasteiger partial charge >= 0.3 is 18.7 Å².